The van der Waals surface area contributed by atoms with Crippen LogP contribution in [0.2, 0.25) is 0 Å². The third-order valence-corrected chi connectivity index (χ3v) is 6.76. The third kappa shape index (κ3) is 5.63. The third-order valence-electron chi connectivity index (χ3n) is 6.76. The molecule has 0 bridgehead atoms. The van der Waals surface area contributed by atoms with Crippen molar-refractivity contribution in [1.29, 1.82) is 0 Å². The number of rotatable bonds is 6. The lowest BCUT2D eigenvalue weighted by atomic mass is 9.72. The summed E-state index contributed by atoms with van der Waals surface area (Å²) in [4.78, 5) is 39.6. The van der Waals surface area contributed by atoms with Gasteiger partial charge >= 0.3 is 11.9 Å². The van der Waals surface area contributed by atoms with E-state index < -0.39 is 11.9 Å². The van der Waals surface area contributed by atoms with Gasteiger partial charge in [0.25, 0.3) is 0 Å². The van der Waals surface area contributed by atoms with Crippen LogP contribution in [0.1, 0.15) is 43.7 Å². The van der Waals surface area contributed by atoms with Gasteiger partial charge in [-0.05, 0) is 56.8 Å². The molecular weight excluding hydrogens is 422 g/mol. The summed E-state index contributed by atoms with van der Waals surface area (Å²) in [5.41, 5.74) is 4.20. The molecule has 1 aromatic carbocycles. The molecule has 1 aliphatic heterocycles. The number of amides is 1. The first-order chi connectivity index (χ1) is 15.7. The Morgan fingerprint density at radius 1 is 1.15 bits per heavy atom. The standard InChI is InChI=1S/C21H29N3O.C4H4O4/c1-4-24(5-2)20(25)10-14-9-17-16-7-6-8-18-21(16)15(12-22-18)11-19(17)23(3)13-14;5-3(6)1-2-4(7)8/h6-8,12,14,17,19,22H,4-5,9-11,13H2,1-3H3;1-2H,(H,5,6)(H,7,8)/b;2-1-/t14-,17?,19+;/m0./s1. The number of aromatic nitrogens is 1. The molecule has 2 aromatic rings. The molecule has 1 amide bonds. The number of carboxylic acid groups (broad SMARTS) is 2. The molecule has 4 rings (SSSR count). The summed E-state index contributed by atoms with van der Waals surface area (Å²) in [7, 11) is 2.24. The molecule has 8 nitrogen and oxygen atoms in total. The van der Waals surface area contributed by atoms with E-state index in [0.29, 0.717) is 42.4 Å². The predicted octanol–water partition coefficient (Wildman–Crippen LogP) is 3.10. The average Bonchev–Trinajstić information content (AvgIpc) is 3.19. The van der Waals surface area contributed by atoms with Crippen LogP contribution in [0.5, 0.6) is 0 Å². The normalized spacial score (nSPS) is 21.8. The molecule has 2 aliphatic rings. The van der Waals surface area contributed by atoms with Crippen molar-refractivity contribution in [3.63, 3.8) is 0 Å². The number of H-pyrrole nitrogens is 1. The monoisotopic (exact) mass is 455 g/mol. The number of carbonyl (C=O) groups excluding carboxylic acids is 1. The van der Waals surface area contributed by atoms with E-state index in [1.54, 1.807) is 0 Å². The Morgan fingerprint density at radius 2 is 1.82 bits per heavy atom. The van der Waals surface area contributed by atoms with E-state index in [2.05, 4.69) is 55.2 Å². The van der Waals surface area contributed by atoms with Gasteiger partial charge in [-0.2, -0.15) is 0 Å². The SMILES string of the molecule is CCN(CC)C(=O)C[C@@H]1CC2c3cccc4[nH]cc(c34)C[C@H]2N(C)C1.O=C(O)/C=C\C(=O)O. The molecule has 0 saturated carbocycles. The molecule has 1 aliphatic carbocycles. The van der Waals surface area contributed by atoms with E-state index in [1.165, 1.54) is 22.0 Å². The number of benzene rings is 1. The molecule has 8 heteroatoms. The molecule has 1 unspecified atom stereocenters. The highest BCUT2D eigenvalue weighted by atomic mass is 16.4. The minimum atomic E-state index is -1.26. The van der Waals surface area contributed by atoms with Crippen LogP contribution in [0.25, 0.3) is 10.9 Å². The van der Waals surface area contributed by atoms with Gasteiger partial charge in [0.05, 0.1) is 0 Å². The molecule has 1 saturated heterocycles. The van der Waals surface area contributed by atoms with E-state index in [1.807, 2.05) is 4.90 Å². The molecule has 0 spiro atoms. The Kier molecular flexibility index (Phi) is 7.92. The van der Waals surface area contributed by atoms with Crippen molar-refractivity contribution in [2.45, 2.75) is 45.1 Å². The second kappa shape index (κ2) is 10.7. The lowest BCUT2D eigenvalue weighted by Gasteiger charge is -2.45. The van der Waals surface area contributed by atoms with Gasteiger partial charge in [-0.25, -0.2) is 9.59 Å². The van der Waals surface area contributed by atoms with Crippen molar-refractivity contribution in [3.8, 4) is 0 Å². The minimum Gasteiger partial charge on any atom is -0.478 e. The van der Waals surface area contributed by atoms with E-state index in [4.69, 9.17) is 10.2 Å². The van der Waals surface area contributed by atoms with Crippen LogP contribution in [0.15, 0.2) is 36.5 Å². The van der Waals surface area contributed by atoms with E-state index in [-0.39, 0.29) is 0 Å². The molecule has 1 aromatic heterocycles. The fourth-order valence-corrected chi connectivity index (χ4v) is 5.30. The minimum absolute atomic E-state index is 0.318. The summed E-state index contributed by atoms with van der Waals surface area (Å²) in [5, 5.41) is 17.1. The van der Waals surface area contributed by atoms with Crippen molar-refractivity contribution < 1.29 is 24.6 Å². The topological polar surface area (TPSA) is 114 Å². The van der Waals surface area contributed by atoms with Gasteiger partial charge in [0.15, 0.2) is 0 Å². The number of nitrogens with zero attached hydrogens (tertiary/aromatic N) is 2. The molecule has 2 heterocycles. The van der Waals surface area contributed by atoms with Crippen LogP contribution in [-0.4, -0.2) is 75.6 Å². The molecule has 0 radical (unpaired) electrons. The first-order valence-corrected chi connectivity index (χ1v) is 11.5. The van der Waals surface area contributed by atoms with Crippen LogP contribution in [0.4, 0.5) is 0 Å². The Morgan fingerprint density at radius 3 is 2.42 bits per heavy atom. The summed E-state index contributed by atoms with van der Waals surface area (Å²) in [6, 6.07) is 7.22. The van der Waals surface area contributed by atoms with Gasteiger partial charge in [-0.15, -0.1) is 0 Å². The number of hydrogen-bond acceptors (Lipinski definition) is 4. The number of likely N-dealkylation sites (N-methyl/N-ethyl adjacent to an activating group) is 1. The van der Waals surface area contributed by atoms with Crippen molar-refractivity contribution in [3.05, 3.63) is 47.7 Å². The van der Waals surface area contributed by atoms with Gasteiger partial charge < -0.3 is 25.0 Å². The highest BCUT2D eigenvalue weighted by Gasteiger charge is 2.39. The number of piperidine rings is 1. The quantitative estimate of drug-likeness (QED) is 0.577. The molecule has 3 atom stereocenters. The number of carboxylic acids is 2. The number of hydrogen-bond donors (Lipinski definition) is 3. The summed E-state index contributed by atoms with van der Waals surface area (Å²) < 4.78 is 0. The van der Waals surface area contributed by atoms with Crippen molar-refractivity contribution in [2.75, 3.05) is 26.7 Å². The van der Waals surface area contributed by atoms with Crippen molar-refractivity contribution in [2.24, 2.45) is 5.92 Å². The molecular formula is C25H33N3O5. The van der Waals surface area contributed by atoms with Gasteiger partial charge in [-0.1, -0.05) is 12.1 Å². The van der Waals surface area contributed by atoms with Gasteiger partial charge in [0.1, 0.15) is 0 Å². The maximum Gasteiger partial charge on any atom is 0.328 e. The number of likely N-dealkylation sites (tertiary alicyclic amines) is 1. The molecule has 1 fully saturated rings. The summed E-state index contributed by atoms with van der Waals surface area (Å²) in [5.74, 6) is -1.20. The smallest absolute Gasteiger partial charge is 0.328 e. The molecule has 33 heavy (non-hydrogen) atoms. The van der Waals surface area contributed by atoms with Gasteiger partial charge in [0, 0.05) is 67.3 Å². The number of carbonyl (C=O) groups is 3. The van der Waals surface area contributed by atoms with Gasteiger partial charge in [-0.3, -0.25) is 4.79 Å². The Hall–Kier alpha value is -3.13. The summed E-state index contributed by atoms with van der Waals surface area (Å²) >= 11 is 0. The largest absolute Gasteiger partial charge is 0.478 e. The lowest BCUT2D eigenvalue weighted by molar-refractivity contribution is -0.134. The second-order valence-electron chi connectivity index (χ2n) is 8.78. The zero-order valence-corrected chi connectivity index (χ0v) is 19.5. The number of aliphatic carboxylic acids is 2. The van der Waals surface area contributed by atoms with Crippen LogP contribution >= 0.6 is 0 Å². The second-order valence-corrected chi connectivity index (χ2v) is 8.78. The van der Waals surface area contributed by atoms with E-state index in [9.17, 15) is 14.4 Å². The maximum absolute atomic E-state index is 12.6. The Balaban J connectivity index is 0.000000331. The average molecular weight is 456 g/mol. The molecule has 3 N–H and O–H groups in total. The van der Waals surface area contributed by atoms with Crippen LogP contribution in [-0.2, 0) is 20.8 Å². The highest BCUT2D eigenvalue weighted by molar-refractivity contribution is 5.90. The van der Waals surface area contributed by atoms with E-state index in [0.717, 1.165) is 32.5 Å². The fraction of sp³-hybridized carbons (Fsp3) is 0.480. The summed E-state index contributed by atoms with van der Waals surface area (Å²) in [6.45, 7) is 6.80. The van der Waals surface area contributed by atoms with Crippen LogP contribution < -0.4 is 0 Å². The Labute approximate surface area is 193 Å². The number of nitrogens with one attached hydrogen (secondary N) is 1. The highest BCUT2D eigenvalue weighted by Crippen LogP contribution is 2.44. The molecule has 178 valence electrons. The van der Waals surface area contributed by atoms with Crippen molar-refractivity contribution >= 4 is 28.7 Å². The maximum atomic E-state index is 12.6. The zero-order valence-electron chi connectivity index (χ0n) is 19.5. The van der Waals surface area contributed by atoms with E-state index >= 15 is 0 Å². The first kappa shape index (κ1) is 24.5. The first-order valence-electron chi connectivity index (χ1n) is 11.5. The fourth-order valence-electron chi connectivity index (χ4n) is 5.30. The van der Waals surface area contributed by atoms with Crippen LogP contribution in [0, 0.1) is 5.92 Å². The van der Waals surface area contributed by atoms with Crippen molar-refractivity contribution in [1.82, 2.24) is 14.8 Å². The number of aromatic amines is 1. The zero-order chi connectivity index (χ0) is 24.1. The summed E-state index contributed by atoms with van der Waals surface area (Å²) in [6.07, 6.45) is 6.24. The Bertz CT molecular complexity index is 1020. The lowest BCUT2D eigenvalue weighted by Crippen LogP contribution is -2.48. The van der Waals surface area contributed by atoms with Crippen LogP contribution in [0.3, 0.4) is 0 Å². The number of fused-ring (bicyclic) bond motifs is 2. The predicted molar refractivity (Wildman–Crippen MR) is 126 cm³/mol. The van der Waals surface area contributed by atoms with Gasteiger partial charge in [0.2, 0.25) is 5.91 Å².